The summed E-state index contributed by atoms with van der Waals surface area (Å²) in [6.45, 7) is 5.66. The van der Waals surface area contributed by atoms with Crippen LogP contribution in [-0.2, 0) is 4.79 Å². The number of fused-ring (bicyclic) bond motifs is 1. The number of nitrogens with zero attached hydrogens (tertiary/aromatic N) is 1. The Kier molecular flexibility index (Phi) is 4.33. The van der Waals surface area contributed by atoms with Crippen molar-refractivity contribution in [3.63, 3.8) is 0 Å². The lowest BCUT2D eigenvalue weighted by atomic mass is 10.0. The second-order valence-corrected chi connectivity index (χ2v) is 4.66. The van der Waals surface area contributed by atoms with Gasteiger partial charge in [-0.1, -0.05) is 24.8 Å². The van der Waals surface area contributed by atoms with Crippen molar-refractivity contribution in [1.29, 1.82) is 0 Å². The summed E-state index contributed by atoms with van der Waals surface area (Å²) in [7, 11) is 1.59. The highest BCUT2D eigenvalue weighted by Gasteiger charge is 2.13. The molecule has 5 nitrogen and oxygen atoms in total. The Morgan fingerprint density at radius 3 is 2.67 bits per heavy atom. The number of benzene rings is 1. The molecule has 0 spiro atoms. The minimum absolute atomic E-state index is 0.136. The molecular weight excluding hydrogens is 266 g/mol. The summed E-state index contributed by atoms with van der Waals surface area (Å²) in [6.07, 6.45) is 0. The summed E-state index contributed by atoms with van der Waals surface area (Å²) in [5.41, 5.74) is 2.52. The average molecular weight is 283 g/mol. The molecule has 0 aliphatic heterocycles. The van der Waals surface area contributed by atoms with E-state index in [9.17, 15) is 9.59 Å². The molecule has 1 aromatic heterocycles. The largest absolute Gasteiger partial charge is 0.355 e. The minimum Gasteiger partial charge on any atom is -0.355 e. The Morgan fingerprint density at radius 1 is 1.29 bits per heavy atom. The highest BCUT2D eigenvalue weighted by molar-refractivity contribution is 6.06. The van der Waals surface area contributed by atoms with E-state index in [1.807, 2.05) is 24.3 Å². The van der Waals surface area contributed by atoms with E-state index in [0.29, 0.717) is 23.4 Å². The summed E-state index contributed by atoms with van der Waals surface area (Å²) < 4.78 is 0. The Bertz CT molecular complexity index is 723. The highest BCUT2D eigenvalue weighted by Crippen LogP contribution is 2.21. The van der Waals surface area contributed by atoms with Crippen molar-refractivity contribution in [3.8, 4) is 0 Å². The first kappa shape index (κ1) is 14.7. The molecule has 5 heteroatoms. The maximum absolute atomic E-state index is 12.0. The number of hydrogen-bond acceptors (Lipinski definition) is 3. The van der Waals surface area contributed by atoms with Gasteiger partial charge in [-0.25, -0.2) is 4.98 Å². The van der Waals surface area contributed by atoms with Crippen LogP contribution in [0.5, 0.6) is 0 Å². The number of pyridine rings is 1. The summed E-state index contributed by atoms with van der Waals surface area (Å²) in [5.74, 6) is -0.314. The van der Waals surface area contributed by atoms with E-state index < -0.39 is 0 Å². The van der Waals surface area contributed by atoms with Crippen LogP contribution in [0.15, 0.2) is 36.9 Å². The van der Waals surface area contributed by atoms with E-state index in [4.69, 9.17) is 0 Å². The molecule has 0 bridgehead atoms. The van der Waals surface area contributed by atoms with Gasteiger partial charge in [0.15, 0.2) is 0 Å². The van der Waals surface area contributed by atoms with Crippen molar-refractivity contribution < 1.29 is 9.59 Å². The lowest BCUT2D eigenvalue weighted by Crippen LogP contribution is -2.22. The van der Waals surface area contributed by atoms with Crippen LogP contribution in [0.4, 0.5) is 0 Å². The number of carbonyl (C=O) groups is 2. The van der Waals surface area contributed by atoms with Gasteiger partial charge in [-0.15, -0.1) is 0 Å². The van der Waals surface area contributed by atoms with Crippen LogP contribution in [0, 0.1) is 0 Å². The van der Waals surface area contributed by atoms with Crippen molar-refractivity contribution in [2.45, 2.75) is 6.92 Å². The molecule has 108 valence electrons. The smallest absolute Gasteiger partial charge is 0.251 e. The molecule has 0 saturated heterocycles. The minimum atomic E-state index is -0.179. The van der Waals surface area contributed by atoms with Gasteiger partial charge in [-0.3, -0.25) is 9.59 Å². The fraction of sp³-hybridized carbons (Fsp3) is 0.188. The van der Waals surface area contributed by atoms with Gasteiger partial charge in [0, 0.05) is 25.9 Å². The van der Waals surface area contributed by atoms with Crippen LogP contribution in [-0.4, -0.2) is 30.4 Å². The molecule has 0 radical (unpaired) electrons. The van der Waals surface area contributed by atoms with Crippen molar-refractivity contribution in [3.05, 3.63) is 48.2 Å². The first-order chi connectivity index (χ1) is 10.0. The normalized spacial score (nSPS) is 10.2. The maximum Gasteiger partial charge on any atom is 0.251 e. The quantitative estimate of drug-likeness (QED) is 0.898. The van der Waals surface area contributed by atoms with Crippen LogP contribution >= 0.6 is 0 Å². The summed E-state index contributed by atoms with van der Waals surface area (Å²) >= 11 is 0. The third-order valence-electron chi connectivity index (χ3n) is 3.10. The molecule has 0 aliphatic carbocycles. The fourth-order valence-electron chi connectivity index (χ4n) is 2.00. The van der Waals surface area contributed by atoms with Gasteiger partial charge in [0.1, 0.15) is 0 Å². The summed E-state index contributed by atoms with van der Waals surface area (Å²) in [5, 5.41) is 6.08. The van der Waals surface area contributed by atoms with Crippen molar-refractivity contribution in [2.75, 3.05) is 13.6 Å². The zero-order chi connectivity index (χ0) is 15.4. The van der Waals surface area contributed by atoms with E-state index in [0.717, 1.165) is 10.9 Å². The molecule has 2 amide bonds. The third-order valence-corrected chi connectivity index (χ3v) is 3.10. The van der Waals surface area contributed by atoms with Gasteiger partial charge in [-0.2, -0.15) is 0 Å². The van der Waals surface area contributed by atoms with Crippen LogP contribution < -0.4 is 10.6 Å². The van der Waals surface area contributed by atoms with Crippen molar-refractivity contribution >= 4 is 28.3 Å². The molecule has 0 unspecified atom stereocenters. The molecule has 0 saturated carbocycles. The first-order valence-corrected chi connectivity index (χ1v) is 6.57. The lowest BCUT2D eigenvalue weighted by Gasteiger charge is -2.11. The van der Waals surface area contributed by atoms with Gasteiger partial charge in [-0.05, 0) is 17.7 Å². The number of carbonyl (C=O) groups excluding carboxylic acids is 2. The van der Waals surface area contributed by atoms with Gasteiger partial charge >= 0.3 is 0 Å². The number of hydrogen-bond donors (Lipinski definition) is 2. The van der Waals surface area contributed by atoms with E-state index in [1.54, 1.807) is 13.1 Å². The Labute approximate surface area is 123 Å². The number of nitrogens with one attached hydrogen (secondary N) is 2. The predicted molar refractivity (Wildman–Crippen MR) is 82.9 cm³/mol. The second-order valence-electron chi connectivity index (χ2n) is 4.66. The van der Waals surface area contributed by atoms with Crippen LogP contribution in [0.2, 0.25) is 0 Å². The van der Waals surface area contributed by atoms with Crippen molar-refractivity contribution in [2.24, 2.45) is 0 Å². The van der Waals surface area contributed by atoms with E-state index in [1.165, 1.54) is 6.92 Å². The number of amides is 2. The SMILES string of the molecule is C=C(CNC(C)=O)c1cc(C(=O)NC)c2ccccc2n1. The van der Waals surface area contributed by atoms with Gasteiger partial charge in [0.2, 0.25) is 5.91 Å². The maximum atomic E-state index is 12.0. The van der Waals surface area contributed by atoms with Gasteiger partial charge in [0.25, 0.3) is 5.91 Å². The number of aromatic nitrogens is 1. The zero-order valence-electron chi connectivity index (χ0n) is 12.1. The molecular formula is C16H17N3O2. The molecule has 2 rings (SSSR count). The Hall–Kier alpha value is -2.69. The van der Waals surface area contributed by atoms with Crippen LogP contribution in [0.3, 0.4) is 0 Å². The summed E-state index contributed by atoms with van der Waals surface area (Å²) in [6, 6.07) is 9.13. The molecule has 0 fully saturated rings. The molecule has 0 aliphatic rings. The lowest BCUT2D eigenvalue weighted by molar-refractivity contribution is -0.118. The molecule has 1 heterocycles. The average Bonchev–Trinajstić information content (AvgIpc) is 2.50. The molecule has 2 N–H and O–H groups in total. The van der Waals surface area contributed by atoms with Crippen LogP contribution in [0.1, 0.15) is 23.0 Å². The van der Waals surface area contributed by atoms with Crippen LogP contribution in [0.25, 0.3) is 16.5 Å². The number of para-hydroxylation sites is 1. The first-order valence-electron chi connectivity index (χ1n) is 6.57. The molecule has 2 aromatic rings. The summed E-state index contributed by atoms with van der Waals surface area (Å²) in [4.78, 5) is 27.5. The zero-order valence-corrected chi connectivity index (χ0v) is 12.1. The van der Waals surface area contributed by atoms with Crippen molar-refractivity contribution in [1.82, 2.24) is 15.6 Å². The Morgan fingerprint density at radius 2 is 2.00 bits per heavy atom. The van der Waals surface area contributed by atoms with E-state index in [2.05, 4.69) is 22.2 Å². The topological polar surface area (TPSA) is 71.1 Å². The molecule has 1 aromatic carbocycles. The number of rotatable bonds is 4. The fourth-order valence-corrected chi connectivity index (χ4v) is 2.00. The van der Waals surface area contributed by atoms with Gasteiger partial charge in [0.05, 0.1) is 16.8 Å². The Balaban J connectivity index is 2.48. The second kappa shape index (κ2) is 6.17. The van der Waals surface area contributed by atoms with E-state index in [-0.39, 0.29) is 11.8 Å². The monoisotopic (exact) mass is 283 g/mol. The third kappa shape index (κ3) is 3.25. The predicted octanol–water partition coefficient (Wildman–Crippen LogP) is 1.74. The highest BCUT2D eigenvalue weighted by atomic mass is 16.2. The molecule has 21 heavy (non-hydrogen) atoms. The molecule has 0 atom stereocenters. The van der Waals surface area contributed by atoms with E-state index >= 15 is 0 Å². The standard InChI is InChI=1S/C16H17N3O2/c1-10(9-18-11(2)20)15-8-13(16(21)17-3)12-6-4-5-7-14(12)19-15/h4-8H,1,9H2,2-3H3,(H,17,21)(H,18,20). The van der Waals surface area contributed by atoms with Gasteiger partial charge < -0.3 is 10.6 Å².